The fourth-order valence-electron chi connectivity index (χ4n) is 7.29. The van der Waals surface area contributed by atoms with Gasteiger partial charge in [-0.3, -0.25) is 14.4 Å². The van der Waals surface area contributed by atoms with Gasteiger partial charge in [-0.05, 0) is 24.0 Å². The monoisotopic (exact) mass is 649 g/mol. The van der Waals surface area contributed by atoms with Crippen LogP contribution in [0.2, 0.25) is 0 Å². The van der Waals surface area contributed by atoms with Crippen molar-refractivity contribution in [3.05, 3.63) is 97.1 Å². The molecule has 3 amide bonds. The van der Waals surface area contributed by atoms with Gasteiger partial charge in [0.05, 0.1) is 30.6 Å². The molecule has 228 valence electrons. The number of aliphatic hydroxyl groups excluding tert-OH is 1. The number of hydrogen-bond donors (Lipinski definition) is 1. The molecule has 2 bridgehead atoms. The number of amides is 3. The minimum atomic E-state index is -1.24. The van der Waals surface area contributed by atoms with Gasteiger partial charge in [-0.1, -0.05) is 95.7 Å². The van der Waals surface area contributed by atoms with Crippen molar-refractivity contribution in [2.24, 2.45) is 11.8 Å². The molecule has 9 heteroatoms. The molecule has 43 heavy (non-hydrogen) atoms. The summed E-state index contributed by atoms with van der Waals surface area (Å²) < 4.78 is 6.74. The van der Waals surface area contributed by atoms with Crippen LogP contribution < -0.4 is 0 Å². The Morgan fingerprint density at radius 1 is 1.07 bits per heavy atom. The summed E-state index contributed by atoms with van der Waals surface area (Å²) in [6.07, 6.45) is 3.94. The zero-order valence-corrected chi connectivity index (χ0v) is 26.1. The Balaban J connectivity index is 1.62. The minimum absolute atomic E-state index is 0.170. The molecule has 2 aromatic rings. The first kappa shape index (κ1) is 31.2. The lowest BCUT2D eigenvalue weighted by Gasteiger charge is -2.39. The van der Waals surface area contributed by atoms with Gasteiger partial charge in [0, 0.05) is 31.0 Å². The van der Waals surface area contributed by atoms with Crippen LogP contribution in [0, 0.1) is 11.8 Å². The maximum absolute atomic E-state index is 14.8. The predicted molar refractivity (Wildman–Crippen MR) is 168 cm³/mol. The van der Waals surface area contributed by atoms with Crippen LogP contribution in [-0.2, 0) is 25.7 Å². The van der Waals surface area contributed by atoms with Gasteiger partial charge in [-0.25, -0.2) is 0 Å². The number of ether oxygens (including phenoxy) is 1. The number of nitrogens with zero attached hydrogens (tertiary/aromatic N) is 3. The highest BCUT2D eigenvalue weighted by Crippen LogP contribution is 2.61. The first-order chi connectivity index (χ1) is 20.8. The van der Waals surface area contributed by atoms with E-state index in [-0.39, 0.29) is 35.7 Å². The van der Waals surface area contributed by atoms with Gasteiger partial charge >= 0.3 is 0 Å². The molecular formula is C34H40BrN3O5. The van der Waals surface area contributed by atoms with E-state index in [0.29, 0.717) is 31.6 Å². The smallest absolute Gasteiger partial charge is 0.249 e. The summed E-state index contributed by atoms with van der Waals surface area (Å²) in [6.45, 7) is 10.8. The minimum Gasteiger partial charge on any atom is -0.394 e. The second-order valence-electron chi connectivity index (χ2n) is 11.6. The molecule has 2 aromatic carbocycles. The first-order valence-corrected chi connectivity index (χ1v) is 15.9. The van der Waals surface area contributed by atoms with Crippen LogP contribution in [0.5, 0.6) is 0 Å². The van der Waals surface area contributed by atoms with Crippen LogP contribution in [-0.4, -0.2) is 86.3 Å². The third kappa shape index (κ3) is 5.47. The van der Waals surface area contributed by atoms with Crippen molar-refractivity contribution in [3.8, 4) is 0 Å². The number of aliphatic hydroxyl groups is 1. The SMILES string of the molecule is C=CCN(Cc1ccccc1)C(=O)C1N([C@H](CO)c2ccccc2)C(=O)[C@@H]2[C@@H](C(=O)N(CC=C)CCC)[C@@H]3OC12CC3Br. The van der Waals surface area contributed by atoms with E-state index in [4.69, 9.17) is 4.74 Å². The molecule has 5 rings (SSSR count). The number of likely N-dealkylation sites (tertiary alicyclic amines) is 1. The second kappa shape index (κ2) is 13.2. The van der Waals surface area contributed by atoms with E-state index in [9.17, 15) is 19.5 Å². The molecule has 0 radical (unpaired) electrons. The van der Waals surface area contributed by atoms with E-state index in [1.807, 2.05) is 67.6 Å². The summed E-state index contributed by atoms with van der Waals surface area (Å²) in [5, 5.41) is 10.7. The Morgan fingerprint density at radius 2 is 1.70 bits per heavy atom. The summed E-state index contributed by atoms with van der Waals surface area (Å²) in [6, 6.07) is 17.0. The molecule has 3 heterocycles. The van der Waals surface area contributed by atoms with Crippen LogP contribution in [0.1, 0.15) is 36.9 Å². The molecule has 3 saturated heterocycles. The average molecular weight is 651 g/mol. The number of carbonyl (C=O) groups is 3. The lowest BCUT2D eigenvalue weighted by Crippen LogP contribution is -2.57. The van der Waals surface area contributed by atoms with Gasteiger partial charge in [-0.2, -0.15) is 0 Å². The zero-order chi connectivity index (χ0) is 30.7. The number of alkyl halides is 1. The number of hydrogen-bond acceptors (Lipinski definition) is 5. The maximum atomic E-state index is 14.8. The lowest BCUT2D eigenvalue weighted by molar-refractivity contribution is -0.152. The van der Waals surface area contributed by atoms with Gasteiger partial charge in [0.15, 0.2) is 0 Å². The molecule has 0 aromatic heterocycles. The normalized spacial score (nSPS) is 27.9. The fourth-order valence-corrected chi connectivity index (χ4v) is 8.23. The van der Waals surface area contributed by atoms with Crippen molar-refractivity contribution in [1.29, 1.82) is 0 Å². The summed E-state index contributed by atoms with van der Waals surface area (Å²) in [5.41, 5.74) is 0.405. The maximum Gasteiger partial charge on any atom is 0.249 e. The molecule has 0 aliphatic carbocycles. The molecule has 1 N–H and O–H groups in total. The molecular weight excluding hydrogens is 610 g/mol. The van der Waals surface area contributed by atoms with Gasteiger partial charge in [-0.15, -0.1) is 13.2 Å². The highest BCUT2D eigenvalue weighted by molar-refractivity contribution is 9.09. The van der Waals surface area contributed by atoms with Crippen molar-refractivity contribution in [1.82, 2.24) is 14.7 Å². The second-order valence-corrected chi connectivity index (χ2v) is 12.8. The van der Waals surface area contributed by atoms with E-state index in [1.165, 1.54) is 4.90 Å². The van der Waals surface area contributed by atoms with Crippen LogP contribution in [0.15, 0.2) is 86.0 Å². The van der Waals surface area contributed by atoms with Crippen LogP contribution >= 0.6 is 15.9 Å². The van der Waals surface area contributed by atoms with Crippen LogP contribution in [0.3, 0.4) is 0 Å². The van der Waals surface area contributed by atoms with E-state index in [0.717, 1.165) is 12.0 Å². The van der Waals surface area contributed by atoms with E-state index in [1.54, 1.807) is 22.0 Å². The highest BCUT2D eigenvalue weighted by Gasteiger charge is 2.77. The molecule has 8 nitrogen and oxygen atoms in total. The Kier molecular flexibility index (Phi) is 9.54. The number of carbonyl (C=O) groups excluding carboxylic acids is 3. The third-order valence-electron chi connectivity index (χ3n) is 8.97. The van der Waals surface area contributed by atoms with Gasteiger partial charge in [0.1, 0.15) is 11.6 Å². The fraction of sp³-hybridized carbons (Fsp3) is 0.441. The Labute approximate surface area is 262 Å². The quantitative estimate of drug-likeness (QED) is 0.261. The largest absolute Gasteiger partial charge is 0.394 e. The summed E-state index contributed by atoms with van der Waals surface area (Å²) in [4.78, 5) is 48.4. The van der Waals surface area contributed by atoms with Gasteiger partial charge < -0.3 is 24.5 Å². The Morgan fingerprint density at radius 3 is 2.30 bits per heavy atom. The topological polar surface area (TPSA) is 90.4 Å². The Bertz CT molecular complexity index is 1340. The third-order valence-corrected chi connectivity index (χ3v) is 9.82. The molecule has 3 unspecified atom stereocenters. The van der Waals surface area contributed by atoms with Crippen molar-refractivity contribution >= 4 is 33.7 Å². The van der Waals surface area contributed by atoms with E-state index >= 15 is 0 Å². The Hall–Kier alpha value is -3.27. The van der Waals surface area contributed by atoms with Crippen molar-refractivity contribution < 1.29 is 24.2 Å². The molecule has 3 fully saturated rings. The molecule has 7 atom stereocenters. The zero-order valence-electron chi connectivity index (χ0n) is 24.6. The molecule has 3 aliphatic heterocycles. The van der Waals surface area contributed by atoms with E-state index in [2.05, 4.69) is 29.1 Å². The summed E-state index contributed by atoms with van der Waals surface area (Å²) in [5.74, 6) is -2.43. The van der Waals surface area contributed by atoms with Crippen molar-refractivity contribution in [2.45, 2.75) is 54.9 Å². The standard InChI is InChI=1S/C34H40BrN3O5/c1-4-17-36(18-5-2)31(40)27-28-32(41)38(26(22-39)24-15-11-8-12-16-24)30(34(28)20-25(35)29(27)43-34)33(42)37(19-6-3)21-23-13-9-7-10-14-23/h4,6-16,25-30,39H,1,3,5,17-22H2,2H3/t25?,26-,27-,28+,29-,30?,34?/m1/s1. The van der Waals surface area contributed by atoms with Crippen LogP contribution in [0.4, 0.5) is 0 Å². The van der Waals surface area contributed by atoms with Gasteiger partial charge in [0.25, 0.3) is 0 Å². The average Bonchev–Trinajstić information content (AvgIpc) is 3.61. The highest BCUT2D eigenvalue weighted by atomic mass is 79.9. The lowest BCUT2D eigenvalue weighted by atomic mass is 9.70. The van der Waals surface area contributed by atoms with Crippen LogP contribution in [0.25, 0.3) is 0 Å². The number of fused-ring (bicyclic) bond motifs is 1. The molecule has 0 saturated carbocycles. The number of rotatable bonds is 13. The summed E-state index contributed by atoms with van der Waals surface area (Å²) in [7, 11) is 0. The molecule has 3 aliphatic rings. The van der Waals surface area contributed by atoms with Crippen molar-refractivity contribution in [2.75, 3.05) is 26.2 Å². The predicted octanol–water partition coefficient (Wildman–Crippen LogP) is 4.11. The number of benzene rings is 2. The van der Waals surface area contributed by atoms with E-state index < -0.39 is 35.6 Å². The number of halogens is 1. The van der Waals surface area contributed by atoms with Gasteiger partial charge in [0.2, 0.25) is 17.7 Å². The summed E-state index contributed by atoms with van der Waals surface area (Å²) >= 11 is 3.76. The van der Waals surface area contributed by atoms with Crippen molar-refractivity contribution in [3.63, 3.8) is 0 Å². The molecule has 1 spiro atoms. The first-order valence-electron chi connectivity index (χ1n) is 15.0.